The van der Waals surface area contributed by atoms with Crippen molar-refractivity contribution < 1.29 is 14.3 Å². The third-order valence-electron chi connectivity index (χ3n) is 3.48. The van der Waals surface area contributed by atoms with Crippen molar-refractivity contribution in [2.45, 2.75) is 20.3 Å². The van der Waals surface area contributed by atoms with Crippen LogP contribution >= 0.6 is 0 Å². The molecule has 1 aliphatic heterocycles. The van der Waals surface area contributed by atoms with Gasteiger partial charge >= 0.3 is 0 Å². The van der Waals surface area contributed by atoms with Crippen molar-refractivity contribution in [3.05, 3.63) is 24.6 Å². The Morgan fingerprint density at radius 1 is 1.23 bits per heavy atom. The summed E-state index contributed by atoms with van der Waals surface area (Å²) >= 11 is 0. The van der Waals surface area contributed by atoms with Gasteiger partial charge in [-0.2, -0.15) is 0 Å². The van der Waals surface area contributed by atoms with Gasteiger partial charge in [0, 0.05) is 45.9 Å². The van der Waals surface area contributed by atoms with Crippen molar-refractivity contribution in [3.8, 4) is 0 Å². The number of hydrogen-bond donors (Lipinski definition) is 0. The summed E-state index contributed by atoms with van der Waals surface area (Å²) < 4.78 is 10.7. The first-order valence-electron chi connectivity index (χ1n) is 7.67. The Hall–Kier alpha value is -1.82. The SMILES string of the molecule is C=CN=C(/C(=C\C)OCCOC)N1CCN(C(=O)CC)CC1. The van der Waals surface area contributed by atoms with E-state index in [4.69, 9.17) is 9.47 Å². The lowest BCUT2D eigenvalue weighted by atomic mass is 10.2. The fourth-order valence-corrected chi connectivity index (χ4v) is 2.29. The Balaban J connectivity index is 2.70. The molecule has 0 N–H and O–H groups in total. The second-order valence-electron chi connectivity index (χ2n) is 4.85. The van der Waals surface area contributed by atoms with Crippen molar-refractivity contribution >= 4 is 11.7 Å². The predicted octanol–water partition coefficient (Wildman–Crippen LogP) is 1.65. The maximum Gasteiger partial charge on any atom is 0.222 e. The summed E-state index contributed by atoms with van der Waals surface area (Å²) in [6, 6.07) is 0. The van der Waals surface area contributed by atoms with Crippen LogP contribution in [0, 0.1) is 0 Å². The molecule has 1 saturated heterocycles. The van der Waals surface area contributed by atoms with Crippen molar-refractivity contribution in [2.75, 3.05) is 46.5 Å². The van der Waals surface area contributed by atoms with Gasteiger partial charge in [-0.3, -0.25) is 4.79 Å². The third-order valence-corrected chi connectivity index (χ3v) is 3.48. The predicted molar refractivity (Wildman–Crippen MR) is 87.7 cm³/mol. The maximum absolute atomic E-state index is 11.7. The van der Waals surface area contributed by atoms with Gasteiger partial charge in [0.25, 0.3) is 0 Å². The van der Waals surface area contributed by atoms with Crippen molar-refractivity contribution in [1.29, 1.82) is 0 Å². The molecule has 1 fully saturated rings. The maximum atomic E-state index is 11.7. The van der Waals surface area contributed by atoms with E-state index < -0.39 is 0 Å². The van der Waals surface area contributed by atoms with E-state index in [1.165, 1.54) is 6.20 Å². The summed E-state index contributed by atoms with van der Waals surface area (Å²) in [4.78, 5) is 20.1. The Labute approximate surface area is 133 Å². The summed E-state index contributed by atoms with van der Waals surface area (Å²) in [7, 11) is 1.64. The molecule has 0 unspecified atom stereocenters. The average Bonchev–Trinajstić information content (AvgIpc) is 2.57. The third kappa shape index (κ3) is 5.18. The lowest BCUT2D eigenvalue weighted by molar-refractivity contribution is -0.132. The molecule has 22 heavy (non-hydrogen) atoms. The molecule has 0 aromatic rings. The van der Waals surface area contributed by atoms with Gasteiger partial charge in [0.2, 0.25) is 5.91 Å². The summed E-state index contributed by atoms with van der Waals surface area (Å²) in [5.41, 5.74) is 0. The number of amidine groups is 1. The number of amides is 1. The molecule has 1 heterocycles. The van der Waals surface area contributed by atoms with Crippen LogP contribution in [-0.2, 0) is 14.3 Å². The molecule has 0 atom stereocenters. The Kier molecular flexibility index (Phi) is 8.28. The number of rotatable bonds is 7. The van der Waals surface area contributed by atoms with Crippen LogP contribution < -0.4 is 0 Å². The lowest BCUT2D eigenvalue weighted by Gasteiger charge is -2.36. The summed E-state index contributed by atoms with van der Waals surface area (Å²) in [6.45, 7) is 11.4. The summed E-state index contributed by atoms with van der Waals surface area (Å²) in [5.74, 6) is 1.67. The zero-order valence-corrected chi connectivity index (χ0v) is 13.9. The van der Waals surface area contributed by atoms with Gasteiger partial charge in [-0.15, -0.1) is 0 Å². The summed E-state index contributed by atoms with van der Waals surface area (Å²) in [6.07, 6.45) is 3.96. The molecule has 0 aliphatic carbocycles. The fourth-order valence-electron chi connectivity index (χ4n) is 2.29. The number of ether oxygens (including phenoxy) is 2. The first kappa shape index (κ1) is 18.2. The molecule has 0 saturated carbocycles. The van der Waals surface area contributed by atoms with Gasteiger partial charge < -0.3 is 19.3 Å². The molecule has 6 nitrogen and oxygen atoms in total. The van der Waals surface area contributed by atoms with Crippen molar-refractivity contribution in [3.63, 3.8) is 0 Å². The van der Waals surface area contributed by atoms with Crippen LogP contribution in [0.4, 0.5) is 0 Å². The fraction of sp³-hybridized carbons (Fsp3) is 0.625. The number of carbonyl (C=O) groups excluding carboxylic acids is 1. The average molecular weight is 309 g/mol. The van der Waals surface area contributed by atoms with Crippen LogP contribution in [0.1, 0.15) is 20.3 Å². The Morgan fingerprint density at radius 3 is 2.36 bits per heavy atom. The molecule has 1 rings (SSSR count). The highest BCUT2D eigenvalue weighted by Crippen LogP contribution is 2.11. The van der Waals surface area contributed by atoms with E-state index in [2.05, 4.69) is 16.5 Å². The minimum Gasteiger partial charge on any atom is -0.488 e. The first-order valence-corrected chi connectivity index (χ1v) is 7.67. The van der Waals surface area contributed by atoms with Crippen molar-refractivity contribution in [1.82, 2.24) is 9.80 Å². The molecule has 124 valence electrons. The minimum atomic E-state index is 0.199. The number of aliphatic imine (C=N–C) groups is 1. The standard InChI is InChI=1S/C16H27N3O3/c1-5-14(22-13-12-21-4)16(17-7-3)19-10-8-18(9-11-19)15(20)6-2/h5,7H,3,6,8-13H2,1-2,4H3/b14-5+,17-16?. The topological polar surface area (TPSA) is 54.4 Å². The molecule has 0 radical (unpaired) electrons. The van der Waals surface area contributed by atoms with E-state index in [9.17, 15) is 4.79 Å². The van der Waals surface area contributed by atoms with Gasteiger partial charge in [-0.25, -0.2) is 4.99 Å². The quantitative estimate of drug-likeness (QED) is 0.310. The van der Waals surface area contributed by atoms with Crippen LogP contribution in [0.15, 0.2) is 29.6 Å². The number of hydrogen-bond acceptors (Lipinski definition) is 4. The Bertz CT molecular complexity index is 424. The molecule has 6 heteroatoms. The number of nitrogens with zero attached hydrogens (tertiary/aromatic N) is 3. The highest BCUT2D eigenvalue weighted by Gasteiger charge is 2.24. The second kappa shape index (κ2) is 10.00. The van der Waals surface area contributed by atoms with Gasteiger partial charge in [-0.05, 0) is 13.0 Å². The summed E-state index contributed by atoms with van der Waals surface area (Å²) in [5, 5.41) is 0. The molecular weight excluding hydrogens is 282 g/mol. The molecule has 0 bridgehead atoms. The number of carbonyl (C=O) groups is 1. The zero-order valence-electron chi connectivity index (χ0n) is 13.9. The first-order chi connectivity index (χ1) is 10.7. The zero-order chi connectivity index (χ0) is 16.4. The smallest absolute Gasteiger partial charge is 0.222 e. The number of allylic oxidation sites excluding steroid dienone is 1. The molecule has 0 aromatic heterocycles. The molecule has 0 aromatic carbocycles. The van der Waals surface area contributed by atoms with E-state index in [0.717, 1.165) is 18.9 Å². The van der Waals surface area contributed by atoms with E-state index in [-0.39, 0.29) is 5.91 Å². The van der Waals surface area contributed by atoms with Crippen molar-refractivity contribution in [2.24, 2.45) is 4.99 Å². The second-order valence-corrected chi connectivity index (χ2v) is 4.85. The van der Waals surface area contributed by atoms with Gasteiger partial charge in [-0.1, -0.05) is 13.5 Å². The Morgan fingerprint density at radius 2 is 1.86 bits per heavy atom. The lowest BCUT2D eigenvalue weighted by Crippen LogP contribution is -2.51. The van der Waals surface area contributed by atoms with E-state index in [0.29, 0.717) is 38.5 Å². The van der Waals surface area contributed by atoms with E-state index in [1.807, 2.05) is 24.8 Å². The number of piperazine rings is 1. The highest BCUT2D eigenvalue weighted by atomic mass is 16.5. The molecule has 1 amide bonds. The minimum absolute atomic E-state index is 0.199. The largest absolute Gasteiger partial charge is 0.488 e. The van der Waals surface area contributed by atoms with Crippen LogP contribution in [0.25, 0.3) is 0 Å². The molecule has 0 spiro atoms. The molecule has 1 aliphatic rings. The van der Waals surface area contributed by atoms with Gasteiger partial charge in [0.15, 0.2) is 11.6 Å². The van der Waals surface area contributed by atoms with Gasteiger partial charge in [0.05, 0.1) is 6.61 Å². The molecular formula is C16H27N3O3. The van der Waals surface area contributed by atoms with E-state index in [1.54, 1.807) is 7.11 Å². The highest BCUT2D eigenvalue weighted by molar-refractivity contribution is 5.97. The number of methoxy groups -OCH3 is 1. The van der Waals surface area contributed by atoms with Crippen LogP contribution in [0.5, 0.6) is 0 Å². The van der Waals surface area contributed by atoms with Gasteiger partial charge in [0.1, 0.15) is 6.61 Å². The van der Waals surface area contributed by atoms with Crippen LogP contribution in [0.3, 0.4) is 0 Å². The van der Waals surface area contributed by atoms with E-state index >= 15 is 0 Å². The van der Waals surface area contributed by atoms with Crippen LogP contribution in [0.2, 0.25) is 0 Å². The monoisotopic (exact) mass is 309 g/mol. The van der Waals surface area contributed by atoms with Crippen LogP contribution in [-0.4, -0.2) is 68.0 Å². The normalized spacial score (nSPS) is 16.7.